The Morgan fingerprint density at radius 1 is 1.24 bits per heavy atom. The Kier molecular flexibility index (Phi) is 3.99. The highest BCUT2D eigenvalue weighted by Gasteiger charge is 2.14. The van der Waals surface area contributed by atoms with Crippen molar-refractivity contribution in [2.45, 2.75) is 32.1 Å². The van der Waals surface area contributed by atoms with Crippen LogP contribution in [0, 0.1) is 16.0 Å². The maximum absolute atomic E-state index is 10.8. The van der Waals surface area contributed by atoms with Crippen molar-refractivity contribution in [3.63, 3.8) is 0 Å². The van der Waals surface area contributed by atoms with Gasteiger partial charge in [-0.1, -0.05) is 25.7 Å². The second-order valence-electron chi connectivity index (χ2n) is 5.70. The summed E-state index contributed by atoms with van der Waals surface area (Å²) in [6, 6.07) is 8.53. The van der Waals surface area contributed by atoms with Gasteiger partial charge in [0.25, 0.3) is 5.69 Å². The quantitative estimate of drug-likeness (QED) is 0.662. The minimum Gasteiger partial charge on any atom is -0.370 e. The van der Waals surface area contributed by atoms with Crippen LogP contribution in [-0.4, -0.2) is 16.5 Å². The number of pyridine rings is 1. The number of aromatic nitrogens is 1. The molecular formula is C16H19N3O2. The molecular weight excluding hydrogens is 266 g/mol. The summed E-state index contributed by atoms with van der Waals surface area (Å²) >= 11 is 0. The minimum absolute atomic E-state index is 0.103. The number of anilines is 1. The van der Waals surface area contributed by atoms with Crippen LogP contribution in [0.2, 0.25) is 0 Å². The number of hydrogen-bond acceptors (Lipinski definition) is 4. The van der Waals surface area contributed by atoms with E-state index in [0.29, 0.717) is 0 Å². The summed E-state index contributed by atoms with van der Waals surface area (Å²) < 4.78 is 0. The van der Waals surface area contributed by atoms with Crippen molar-refractivity contribution in [2.24, 2.45) is 5.92 Å². The number of nitrogens with one attached hydrogen (secondary N) is 1. The SMILES string of the molecule is O=[N+]([O-])c1ccc2nc(NCCC3CCCC3)ccc2c1. The molecule has 3 rings (SSSR count). The molecule has 110 valence electrons. The Hall–Kier alpha value is -2.17. The first-order valence-corrected chi connectivity index (χ1v) is 7.51. The first-order valence-electron chi connectivity index (χ1n) is 7.51. The van der Waals surface area contributed by atoms with Crippen molar-refractivity contribution in [2.75, 3.05) is 11.9 Å². The number of fused-ring (bicyclic) bond motifs is 1. The van der Waals surface area contributed by atoms with Crippen molar-refractivity contribution in [3.05, 3.63) is 40.4 Å². The van der Waals surface area contributed by atoms with Gasteiger partial charge in [-0.2, -0.15) is 0 Å². The van der Waals surface area contributed by atoms with Crippen LogP contribution >= 0.6 is 0 Å². The van der Waals surface area contributed by atoms with E-state index < -0.39 is 0 Å². The first-order chi connectivity index (χ1) is 10.2. The molecule has 0 saturated heterocycles. The van der Waals surface area contributed by atoms with Gasteiger partial charge in [0.2, 0.25) is 0 Å². The highest BCUT2D eigenvalue weighted by molar-refractivity contribution is 5.82. The predicted octanol–water partition coefficient (Wildman–Crippen LogP) is 4.14. The van der Waals surface area contributed by atoms with Crippen LogP contribution in [0.3, 0.4) is 0 Å². The van der Waals surface area contributed by atoms with E-state index in [1.54, 1.807) is 12.1 Å². The van der Waals surface area contributed by atoms with Crippen LogP contribution in [0.1, 0.15) is 32.1 Å². The van der Waals surface area contributed by atoms with Crippen LogP contribution in [0.5, 0.6) is 0 Å². The number of rotatable bonds is 5. The van der Waals surface area contributed by atoms with Gasteiger partial charge in [0.15, 0.2) is 0 Å². The minimum atomic E-state index is -0.382. The smallest absolute Gasteiger partial charge is 0.270 e. The molecule has 0 aliphatic heterocycles. The fraction of sp³-hybridized carbons (Fsp3) is 0.438. The van der Waals surface area contributed by atoms with E-state index >= 15 is 0 Å². The topological polar surface area (TPSA) is 68.1 Å². The maximum Gasteiger partial charge on any atom is 0.270 e. The molecule has 1 aromatic heterocycles. The van der Waals surface area contributed by atoms with Gasteiger partial charge in [0.05, 0.1) is 10.4 Å². The Morgan fingerprint density at radius 3 is 2.81 bits per heavy atom. The third-order valence-corrected chi connectivity index (χ3v) is 4.22. The summed E-state index contributed by atoms with van der Waals surface area (Å²) in [6.45, 7) is 0.941. The summed E-state index contributed by atoms with van der Waals surface area (Å²) in [5.41, 5.74) is 0.887. The van der Waals surface area contributed by atoms with Gasteiger partial charge in [-0.3, -0.25) is 10.1 Å². The second-order valence-corrected chi connectivity index (χ2v) is 5.70. The van der Waals surface area contributed by atoms with Crippen LogP contribution in [0.25, 0.3) is 10.9 Å². The van der Waals surface area contributed by atoms with Crippen molar-refractivity contribution in [1.82, 2.24) is 4.98 Å². The van der Waals surface area contributed by atoms with E-state index in [2.05, 4.69) is 10.3 Å². The van der Waals surface area contributed by atoms with Crippen LogP contribution in [0.4, 0.5) is 11.5 Å². The third kappa shape index (κ3) is 3.29. The molecule has 5 nitrogen and oxygen atoms in total. The van der Waals surface area contributed by atoms with Gasteiger partial charge < -0.3 is 5.32 Å². The van der Waals surface area contributed by atoms with E-state index in [1.807, 2.05) is 12.1 Å². The molecule has 1 saturated carbocycles. The number of nitro benzene ring substituents is 1. The fourth-order valence-electron chi connectivity index (χ4n) is 3.03. The average Bonchev–Trinajstić information content (AvgIpc) is 3.00. The van der Waals surface area contributed by atoms with Crippen molar-refractivity contribution in [1.29, 1.82) is 0 Å². The highest BCUT2D eigenvalue weighted by atomic mass is 16.6. The molecule has 0 bridgehead atoms. The Labute approximate surface area is 123 Å². The van der Waals surface area contributed by atoms with Gasteiger partial charge in [-0.25, -0.2) is 4.98 Å². The van der Waals surface area contributed by atoms with Gasteiger partial charge in [-0.15, -0.1) is 0 Å². The normalized spacial score (nSPS) is 15.4. The van der Waals surface area contributed by atoms with E-state index in [4.69, 9.17) is 0 Å². The summed E-state index contributed by atoms with van der Waals surface area (Å²) in [7, 11) is 0. The number of hydrogen-bond donors (Lipinski definition) is 1. The van der Waals surface area contributed by atoms with Crippen LogP contribution < -0.4 is 5.32 Å². The molecule has 1 heterocycles. The van der Waals surface area contributed by atoms with Crippen LogP contribution in [-0.2, 0) is 0 Å². The van der Waals surface area contributed by atoms with E-state index in [9.17, 15) is 10.1 Å². The fourth-order valence-corrected chi connectivity index (χ4v) is 3.03. The molecule has 0 unspecified atom stereocenters. The number of benzene rings is 1. The van der Waals surface area contributed by atoms with E-state index in [-0.39, 0.29) is 10.6 Å². The monoisotopic (exact) mass is 285 g/mol. The molecule has 0 amide bonds. The molecule has 5 heteroatoms. The third-order valence-electron chi connectivity index (χ3n) is 4.22. The molecule has 0 spiro atoms. The largest absolute Gasteiger partial charge is 0.370 e. The van der Waals surface area contributed by atoms with E-state index in [1.165, 1.54) is 38.2 Å². The van der Waals surface area contributed by atoms with Gasteiger partial charge >= 0.3 is 0 Å². The number of nitro groups is 1. The van der Waals surface area contributed by atoms with Crippen LogP contribution in [0.15, 0.2) is 30.3 Å². The Balaban J connectivity index is 1.66. The van der Waals surface area contributed by atoms with Gasteiger partial charge in [-0.05, 0) is 30.5 Å². The summed E-state index contributed by atoms with van der Waals surface area (Å²) in [4.78, 5) is 14.9. The molecule has 1 aliphatic rings. The zero-order valence-corrected chi connectivity index (χ0v) is 11.9. The number of non-ortho nitro benzene ring substituents is 1. The van der Waals surface area contributed by atoms with Gasteiger partial charge in [0, 0.05) is 24.1 Å². The zero-order valence-electron chi connectivity index (χ0n) is 11.9. The lowest BCUT2D eigenvalue weighted by Gasteiger charge is -2.10. The zero-order chi connectivity index (χ0) is 14.7. The number of nitrogens with zero attached hydrogens (tertiary/aromatic N) is 2. The second kappa shape index (κ2) is 6.08. The average molecular weight is 285 g/mol. The first kappa shape index (κ1) is 13.8. The molecule has 0 atom stereocenters. The lowest BCUT2D eigenvalue weighted by molar-refractivity contribution is -0.384. The molecule has 2 aromatic rings. The standard InChI is InChI=1S/C16H19N3O2/c20-19(21)14-6-7-15-13(11-14)5-8-16(18-15)17-10-9-12-3-1-2-4-12/h5-8,11-12H,1-4,9-10H2,(H,17,18). The molecule has 1 aromatic carbocycles. The predicted molar refractivity (Wildman–Crippen MR) is 83.5 cm³/mol. The van der Waals surface area contributed by atoms with Crippen molar-refractivity contribution in [3.8, 4) is 0 Å². The van der Waals surface area contributed by atoms with Gasteiger partial charge in [0.1, 0.15) is 5.82 Å². The maximum atomic E-state index is 10.8. The summed E-state index contributed by atoms with van der Waals surface area (Å²) in [5.74, 6) is 1.70. The lowest BCUT2D eigenvalue weighted by Crippen LogP contribution is -2.07. The molecule has 1 fully saturated rings. The molecule has 0 radical (unpaired) electrons. The highest BCUT2D eigenvalue weighted by Crippen LogP contribution is 2.27. The van der Waals surface area contributed by atoms with E-state index in [0.717, 1.165) is 29.2 Å². The molecule has 21 heavy (non-hydrogen) atoms. The molecule has 1 aliphatic carbocycles. The lowest BCUT2D eigenvalue weighted by atomic mass is 10.0. The van der Waals surface area contributed by atoms with Crippen molar-refractivity contribution >= 4 is 22.4 Å². The Morgan fingerprint density at radius 2 is 2.05 bits per heavy atom. The Bertz CT molecular complexity index is 651. The summed E-state index contributed by atoms with van der Waals surface area (Å²) in [6.07, 6.45) is 6.66. The van der Waals surface area contributed by atoms with Crippen molar-refractivity contribution < 1.29 is 4.92 Å². The summed E-state index contributed by atoms with van der Waals surface area (Å²) in [5, 5.41) is 14.9. The molecule has 1 N–H and O–H groups in total.